The smallest absolute Gasteiger partial charge is 0.0400 e. The largest absolute Gasteiger partial charge is 0.266 e. The van der Waals surface area contributed by atoms with E-state index in [2.05, 4.69) is 45.7 Å². The van der Waals surface area contributed by atoms with Gasteiger partial charge in [-0.15, -0.1) is 0 Å². The van der Waals surface area contributed by atoms with Crippen molar-refractivity contribution in [3.8, 4) is 0 Å². The van der Waals surface area contributed by atoms with Crippen molar-refractivity contribution < 1.29 is 0 Å². The monoisotopic (exact) mass is 165 g/mol. The molecule has 1 heteroatoms. The van der Waals surface area contributed by atoms with E-state index in [0.717, 1.165) is 12.1 Å². The molecule has 0 aliphatic carbocycles. The van der Waals surface area contributed by atoms with Gasteiger partial charge in [0.05, 0.1) is 0 Å². The lowest BCUT2D eigenvalue weighted by molar-refractivity contribution is 1.17. The zero-order valence-corrected chi connectivity index (χ0v) is 8.81. The Bertz CT molecular complexity index is 219. The summed E-state index contributed by atoms with van der Waals surface area (Å²) in [5, 5.41) is 0. The fourth-order valence-electron chi connectivity index (χ4n) is 0.827. The van der Waals surface area contributed by atoms with E-state index in [4.69, 9.17) is 0 Å². The minimum atomic E-state index is 1.000. The molecule has 0 heterocycles. The van der Waals surface area contributed by atoms with E-state index in [1.807, 2.05) is 6.21 Å². The Morgan fingerprint density at radius 1 is 1.25 bits per heavy atom. The van der Waals surface area contributed by atoms with E-state index in [-0.39, 0.29) is 0 Å². The molecule has 0 saturated carbocycles. The predicted octanol–water partition coefficient (Wildman–Crippen LogP) is 3.73. The molecule has 0 fully saturated rings. The van der Waals surface area contributed by atoms with Gasteiger partial charge in [0.25, 0.3) is 0 Å². The molecule has 1 nitrogen and oxygen atoms in total. The average molecular weight is 165 g/mol. The second kappa shape index (κ2) is 5.76. The van der Waals surface area contributed by atoms with Crippen LogP contribution in [0.5, 0.6) is 0 Å². The Balaban J connectivity index is 4.57. The first-order valence-corrected chi connectivity index (χ1v) is 4.46. The van der Waals surface area contributed by atoms with Gasteiger partial charge in [0.2, 0.25) is 0 Å². The van der Waals surface area contributed by atoms with Crippen molar-refractivity contribution >= 4 is 6.21 Å². The van der Waals surface area contributed by atoms with E-state index in [0.29, 0.717) is 0 Å². The van der Waals surface area contributed by atoms with Crippen LogP contribution in [0.1, 0.15) is 41.0 Å². The van der Waals surface area contributed by atoms with Crippen LogP contribution in [-0.4, -0.2) is 6.21 Å². The molecule has 0 aromatic rings. The van der Waals surface area contributed by atoms with Crippen molar-refractivity contribution in [1.82, 2.24) is 0 Å². The van der Waals surface area contributed by atoms with Gasteiger partial charge in [0.15, 0.2) is 0 Å². The topological polar surface area (TPSA) is 12.4 Å². The number of aliphatic imine (C=N–C) groups is 1. The van der Waals surface area contributed by atoms with Crippen LogP contribution in [0.25, 0.3) is 0 Å². The Morgan fingerprint density at radius 2 is 1.83 bits per heavy atom. The second-order valence-corrected chi connectivity index (χ2v) is 2.90. The van der Waals surface area contributed by atoms with Gasteiger partial charge in [-0.3, -0.25) is 4.99 Å². The standard InChI is InChI=1S/C11H19N/c1-6-8-12-11(5)10(4)9(3)7-2/h7-8H,6H2,1-5H3/b9-7+,11-10-,12-8?. The van der Waals surface area contributed by atoms with Crippen molar-refractivity contribution in [2.45, 2.75) is 41.0 Å². The highest BCUT2D eigenvalue weighted by molar-refractivity contribution is 5.58. The SMILES string of the molecule is C/C=C(C)/C(C)=C(/C)N=CCC. The molecule has 0 spiro atoms. The summed E-state index contributed by atoms with van der Waals surface area (Å²) in [7, 11) is 0. The van der Waals surface area contributed by atoms with Crippen molar-refractivity contribution in [3.05, 3.63) is 22.9 Å². The Labute approximate surface area is 75.9 Å². The summed E-state index contributed by atoms with van der Waals surface area (Å²) < 4.78 is 0. The average Bonchev–Trinajstić information content (AvgIpc) is 2.11. The normalized spacial score (nSPS) is 15.2. The van der Waals surface area contributed by atoms with Crippen LogP contribution in [0.15, 0.2) is 27.9 Å². The van der Waals surface area contributed by atoms with Crippen molar-refractivity contribution in [2.24, 2.45) is 4.99 Å². The van der Waals surface area contributed by atoms with Gasteiger partial charge in [0, 0.05) is 11.9 Å². The molecule has 0 bridgehead atoms. The van der Waals surface area contributed by atoms with E-state index in [1.54, 1.807) is 0 Å². The van der Waals surface area contributed by atoms with Crippen LogP contribution >= 0.6 is 0 Å². The molecule has 0 rings (SSSR count). The first kappa shape index (κ1) is 11.2. The highest BCUT2D eigenvalue weighted by atomic mass is 14.7. The number of rotatable bonds is 3. The van der Waals surface area contributed by atoms with Gasteiger partial charge in [-0.2, -0.15) is 0 Å². The second-order valence-electron chi connectivity index (χ2n) is 2.90. The molecule has 0 aromatic carbocycles. The van der Waals surface area contributed by atoms with E-state index >= 15 is 0 Å². The zero-order chi connectivity index (χ0) is 9.56. The Morgan fingerprint density at radius 3 is 2.25 bits per heavy atom. The summed E-state index contributed by atoms with van der Waals surface area (Å²) in [4.78, 5) is 4.33. The van der Waals surface area contributed by atoms with Crippen LogP contribution in [0.3, 0.4) is 0 Å². The molecule has 0 saturated heterocycles. The third-order valence-electron chi connectivity index (χ3n) is 2.03. The lowest BCUT2D eigenvalue weighted by atomic mass is 10.1. The molecule has 12 heavy (non-hydrogen) atoms. The molecule has 0 radical (unpaired) electrons. The Hall–Kier alpha value is -0.850. The first-order valence-electron chi connectivity index (χ1n) is 4.46. The molecule has 68 valence electrons. The molecule has 0 amide bonds. The molecule has 0 aliphatic rings. The number of hydrogen-bond donors (Lipinski definition) is 0. The molecular weight excluding hydrogens is 146 g/mol. The third-order valence-corrected chi connectivity index (χ3v) is 2.03. The first-order chi connectivity index (χ1) is 5.63. The maximum Gasteiger partial charge on any atom is 0.0400 e. The molecular formula is C11H19N. The summed E-state index contributed by atoms with van der Waals surface area (Å²) in [5.41, 5.74) is 3.70. The third kappa shape index (κ3) is 3.51. The predicted molar refractivity (Wildman–Crippen MR) is 56.6 cm³/mol. The fourth-order valence-corrected chi connectivity index (χ4v) is 0.827. The summed E-state index contributed by atoms with van der Waals surface area (Å²) in [6, 6.07) is 0. The molecule has 0 aliphatic heterocycles. The fraction of sp³-hybridized carbons (Fsp3) is 0.545. The minimum Gasteiger partial charge on any atom is -0.266 e. The minimum absolute atomic E-state index is 1.000. The maximum absolute atomic E-state index is 4.33. The van der Waals surface area contributed by atoms with Crippen LogP contribution in [0, 0.1) is 0 Å². The highest BCUT2D eigenvalue weighted by Crippen LogP contribution is 2.13. The van der Waals surface area contributed by atoms with Gasteiger partial charge < -0.3 is 0 Å². The van der Waals surface area contributed by atoms with Crippen LogP contribution in [0.4, 0.5) is 0 Å². The van der Waals surface area contributed by atoms with Gasteiger partial charge in [0.1, 0.15) is 0 Å². The van der Waals surface area contributed by atoms with Gasteiger partial charge in [-0.1, -0.05) is 18.6 Å². The van der Waals surface area contributed by atoms with Crippen LogP contribution in [0.2, 0.25) is 0 Å². The molecule has 0 N–H and O–H groups in total. The quantitative estimate of drug-likeness (QED) is 0.446. The van der Waals surface area contributed by atoms with E-state index in [1.165, 1.54) is 11.1 Å². The molecule has 0 unspecified atom stereocenters. The number of nitrogens with zero attached hydrogens (tertiary/aromatic N) is 1. The van der Waals surface area contributed by atoms with Crippen molar-refractivity contribution in [2.75, 3.05) is 0 Å². The lowest BCUT2D eigenvalue weighted by Crippen LogP contribution is -1.84. The summed E-state index contributed by atoms with van der Waals surface area (Å²) in [6.07, 6.45) is 5.06. The van der Waals surface area contributed by atoms with Gasteiger partial charge in [-0.25, -0.2) is 0 Å². The zero-order valence-electron chi connectivity index (χ0n) is 8.81. The number of allylic oxidation sites excluding steroid dienone is 4. The van der Waals surface area contributed by atoms with E-state index < -0.39 is 0 Å². The lowest BCUT2D eigenvalue weighted by Gasteiger charge is -2.02. The highest BCUT2D eigenvalue weighted by Gasteiger charge is 1.95. The molecule has 0 atom stereocenters. The molecule has 0 aromatic heterocycles. The van der Waals surface area contributed by atoms with Gasteiger partial charge in [-0.05, 0) is 39.7 Å². The summed E-state index contributed by atoms with van der Waals surface area (Å²) in [6.45, 7) is 10.4. The van der Waals surface area contributed by atoms with Crippen LogP contribution < -0.4 is 0 Å². The Kier molecular flexibility index (Phi) is 5.35. The van der Waals surface area contributed by atoms with Crippen molar-refractivity contribution in [1.29, 1.82) is 0 Å². The van der Waals surface area contributed by atoms with Gasteiger partial charge >= 0.3 is 0 Å². The van der Waals surface area contributed by atoms with E-state index in [9.17, 15) is 0 Å². The summed E-state index contributed by atoms with van der Waals surface area (Å²) in [5.74, 6) is 0. The number of hydrogen-bond acceptors (Lipinski definition) is 1. The summed E-state index contributed by atoms with van der Waals surface area (Å²) >= 11 is 0. The van der Waals surface area contributed by atoms with Crippen LogP contribution in [-0.2, 0) is 0 Å². The van der Waals surface area contributed by atoms with Crippen molar-refractivity contribution in [3.63, 3.8) is 0 Å². The maximum atomic E-state index is 4.33.